The highest BCUT2D eigenvalue weighted by Gasteiger charge is 2.12. The standard InChI is InChI=1S/C14H18N2O2/c1-10(2)16-11(3)9-15-14(16)18-13-7-5-6-12(8-13)17-4/h5-10H,1-4H3. The molecule has 0 aliphatic rings. The molecule has 1 aromatic carbocycles. The lowest BCUT2D eigenvalue weighted by molar-refractivity contribution is 0.383. The summed E-state index contributed by atoms with van der Waals surface area (Å²) in [4.78, 5) is 4.29. The molecule has 0 amide bonds. The van der Waals surface area contributed by atoms with E-state index < -0.39 is 0 Å². The Balaban J connectivity index is 2.28. The minimum atomic E-state index is 0.313. The molecule has 4 heteroatoms. The zero-order valence-corrected chi connectivity index (χ0v) is 11.2. The van der Waals surface area contributed by atoms with Crippen molar-refractivity contribution >= 4 is 0 Å². The molecule has 96 valence electrons. The molecule has 0 unspecified atom stereocenters. The van der Waals surface area contributed by atoms with Gasteiger partial charge < -0.3 is 9.47 Å². The van der Waals surface area contributed by atoms with E-state index in [2.05, 4.69) is 23.4 Å². The molecule has 1 heterocycles. The Labute approximate surface area is 107 Å². The number of imidazole rings is 1. The Morgan fingerprint density at radius 3 is 2.61 bits per heavy atom. The van der Waals surface area contributed by atoms with E-state index in [9.17, 15) is 0 Å². The number of ether oxygens (including phenoxy) is 2. The van der Waals surface area contributed by atoms with Crippen molar-refractivity contribution in [2.45, 2.75) is 26.8 Å². The third kappa shape index (κ3) is 2.47. The van der Waals surface area contributed by atoms with E-state index in [0.717, 1.165) is 17.2 Å². The molecule has 0 radical (unpaired) electrons. The molecule has 0 N–H and O–H groups in total. The van der Waals surface area contributed by atoms with Crippen LogP contribution in [-0.4, -0.2) is 16.7 Å². The molecule has 2 aromatic rings. The average Bonchev–Trinajstić information content (AvgIpc) is 2.70. The molecule has 0 spiro atoms. The molecule has 0 aliphatic carbocycles. The van der Waals surface area contributed by atoms with Crippen molar-refractivity contribution in [2.75, 3.05) is 7.11 Å². The highest BCUT2D eigenvalue weighted by molar-refractivity contribution is 5.34. The highest BCUT2D eigenvalue weighted by Crippen LogP contribution is 2.27. The first-order chi connectivity index (χ1) is 8.61. The maximum Gasteiger partial charge on any atom is 0.302 e. The number of hydrogen-bond acceptors (Lipinski definition) is 3. The minimum absolute atomic E-state index is 0.313. The zero-order chi connectivity index (χ0) is 13.1. The first-order valence-corrected chi connectivity index (χ1v) is 5.97. The second-order valence-electron chi connectivity index (χ2n) is 4.43. The second-order valence-corrected chi connectivity index (χ2v) is 4.43. The Hall–Kier alpha value is -1.97. The lowest BCUT2D eigenvalue weighted by Crippen LogP contribution is -2.05. The SMILES string of the molecule is COc1cccc(Oc2ncc(C)n2C(C)C)c1. The Morgan fingerprint density at radius 2 is 1.94 bits per heavy atom. The lowest BCUT2D eigenvalue weighted by atomic mass is 10.3. The molecule has 0 atom stereocenters. The van der Waals surface area contributed by atoms with Gasteiger partial charge in [0.15, 0.2) is 0 Å². The molecular formula is C14H18N2O2. The van der Waals surface area contributed by atoms with Crippen molar-refractivity contribution in [3.8, 4) is 17.5 Å². The monoisotopic (exact) mass is 246 g/mol. The number of rotatable bonds is 4. The van der Waals surface area contributed by atoms with Gasteiger partial charge in [-0.25, -0.2) is 4.98 Å². The molecular weight excluding hydrogens is 228 g/mol. The quantitative estimate of drug-likeness (QED) is 0.827. The van der Waals surface area contributed by atoms with Crippen LogP contribution in [0.2, 0.25) is 0 Å². The summed E-state index contributed by atoms with van der Waals surface area (Å²) in [7, 11) is 1.64. The van der Waals surface area contributed by atoms with Gasteiger partial charge in [-0.3, -0.25) is 4.57 Å². The number of nitrogens with zero attached hydrogens (tertiary/aromatic N) is 2. The molecule has 0 bridgehead atoms. The Kier molecular flexibility index (Phi) is 3.55. The average molecular weight is 246 g/mol. The number of benzene rings is 1. The summed E-state index contributed by atoms with van der Waals surface area (Å²) < 4.78 is 13.0. The summed E-state index contributed by atoms with van der Waals surface area (Å²) in [5.41, 5.74) is 1.09. The van der Waals surface area contributed by atoms with Crippen LogP contribution in [-0.2, 0) is 0 Å². The minimum Gasteiger partial charge on any atom is -0.497 e. The van der Waals surface area contributed by atoms with Crippen molar-refractivity contribution in [3.63, 3.8) is 0 Å². The first-order valence-electron chi connectivity index (χ1n) is 5.97. The molecule has 18 heavy (non-hydrogen) atoms. The normalized spacial score (nSPS) is 10.7. The van der Waals surface area contributed by atoms with E-state index in [1.807, 2.05) is 37.4 Å². The van der Waals surface area contributed by atoms with Gasteiger partial charge in [-0.05, 0) is 32.9 Å². The van der Waals surface area contributed by atoms with Crippen molar-refractivity contribution in [3.05, 3.63) is 36.2 Å². The van der Waals surface area contributed by atoms with Crippen LogP contribution in [0.15, 0.2) is 30.5 Å². The van der Waals surface area contributed by atoms with Crippen LogP contribution in [0, 0.1) is 6.92 Å². The molecule has 0 aliphatic heterocycles. The molecule has 0 saturated carbocycles. The summed E-state index contributed by atoms with van der Waals surface area (Å²) in [5, 5.41) is 0. The third-order valence-corrected chi connectivity index (χ3v) is 2.71. The smallest absolute Gasteiger partial charge is 0.302 e. The van der Waals surface area contributed by atoms with Crippen LogP contribution in [0.1, 0.15) is 25.6 Å². The highest BCUT2D eigenvalue weighted by atomic mass is 16.5. The van der Waals surface area contributed by atoms with Gasteiger partial charge in [-0.15, -0.1) is 0 Å². The number of methoxy groups -OCH3 is 1. The topological polar surface area (TPSA) is 36.3 Å². The fourth-order valence-electron chi connectivity index (χ4n) is 1.90. The van der Waals surface area contributed by atoms with Crippen molar-refractivity contribution in [1.82, 2.24) is 9.55 Å². The van der Waals surface area contributed by atoms with E-state index in [-0.39, 0.29) is 0 Å². The van der Waals surface area contributed by atoms with Crippen LogP contribution < -0.4 is 9.47 Å². The maximum atomic E-state index is 5.81. The number of aryl methyl sites for hydroxylation is 1. The second kappa shape index (κ2) is 5.12. The van der Waals surface area contributed by atoms with E-state index >= 15 is 0 Å². The molecule has 0 fully saturated rings. The predicted octanol–water partition coefficient (Wildman–Crippen LogP) is 3.57. The van der Waals surface area contributed by atoms with Gasteiger partial charge in [0.05, 0.1) is 13.3 Å². The van der Waals surface area contributed by atoms with Crippen LogP contribution >= 0.6 is 0 Å². The molecule has 1 aromatic heterocycles. The van der Waals surface area contributed by atoms with Crippen molar-refractivity contribution in [1.29, 1.82) is 0 Å². The van der Waals surface area contributed by atoms with Crippen LogP contribution in [0.3, 0.4) is 0 Å². The van der Waals surface area contributed by atoms with Gasteiger partial charge in [0, 0.05) is 17.8 Å². The maximum absolute atomic E-state index is 5.81. The number of aromatic nitrogens is 2. The fourth-order valence-corrected chi connectivity index (χ4v) is 1.90. The molecule has 4 nitrogen and oxygen atoms in total. The fraction of sp³-hybridized carbons (Fsp3) is 0.357. The largest absolute Gasteiger partial charge is 0.497 e. The van der Waals surface area contributed by atoms with E-state index in [4.69, 9.17) is 9.47 Å². The van der Waals surface area contributed by atoms with Crippen molar-refractivity contribution in [2.24, 2.45) is 0 Å². The van der Waals surface area contributed by atoms with Gasteiger partial charge in [-0.1, -0.05) is 6.07 Å². The van der Waals surface area contributed by atoms with E-state index in [0.29, 0.717) is 12.1 Å². The van der Waals surface area contributed by atoms with Gasteiger partial charge in [0.1, 0.15) is 11.5 Å². The predicted molar refractivity (Wildman–Crippen MR) is 70.4 cm³/mol. The Morgan fingerprint density at radius 1 is 1.22 bits per heavy atom. The molecule has 0 saturated heterocycles. The van der Waals surface area contributed by atoms with Crippen LogP contribution in [0.5, 0.6) is 17.5 Å². The zero-order valence-electron chi connectivity index (χ0n) is 11.2. The number of hydrogen-bond donors (Lipinski definition) is 0. The molecule has 2 rings (SSSR count). The van der Waals surface area contributed by atoms with E-state index in [1.54, 1.807) is 7.11 Å². The third-order valence-electron chi connectivity index (χ3n) is 2.71. The van der Waals surface area contributed by atoms with Crippen molar-refractivity contribution < 1.29 is 9.47 Å². The van der Waals surface area contributed by atoms with E-state index in [1.165, 1.54) is 0 Å². The first kappa shape index (κ1) is 12.5. The lowest BCUT2D eigenvalue weighted by Gasteiger charge is -2.14. The summed E-state index contributed by atoms with van der Waals surface area (Å²) in [6.07, 6.45) is 1.81. The van der Waals surface area contributed by atoms with Crippen LogP contribution in [0.4, 0.5) is 0 Å². The van der Waals surface area contributed by atoms with Crippen LogP contribution in [0.25, 0.3) is 0 Å². The van der Waals surface area contributed by atoms with Gasteiger partial charge in [0.25, 0.3) is 0 Å². The summed E-state index contributed by atoms with van der Waals surface area (Å²) in [5.74, 6) is 1.49. The summed E-state index contributed by atoms with van der Waals surface area (Å²) >= 11 is 0. The van der Waals surface area contributed by atoms with Gasteiger partial charge in [0.2, 0.25) is 0 Å². The summed E-state index contributed by atoms with van der Waals surface area (Å²) in [6, 6.07) is 8.42. The van der Waals surface area contributed by atoms with Gasteiger partial charge in [-0.2, -0.15) is 0 Å². The Bertz CT molecular complexity index is 532. The van der Waals surface area contributed by atoms with Gasteiger partial charge >= 0.3 is 6.01 Å². The summed E-state index contributed by atoms with van der Waals surface area (Å²) in [6.45, 7) is 6.23.